The van der Waals surface area contributed by atoms with Crippen LogP contribution in [0.5, 0.6) is 5.75 Å². The van der Waals surface area contributed by atoms with Crippen molar-refractivity contribution in [1.29, 1.82) is 0 Å². The molecule has 4 aromatic carbocycles. The van der Waals surface area contributed by atoms with Gasteiger partial charge in [-0.05, 0) is 85.3 Å². The number of carbonyl (C=O) groups is 2. The lowest BCUT2D eigenvalue weighted by molar-refractivity contribution is 0.0734. The van der Waals surface area contributed by atoms with Gasteiger partial charge < -0.3 is 4.74 Å². The number of rotatable bonds is 8. The van der Waals surface area contributed by atoms with E-state index in [1.807, 2.05) is 19.1 Å². The molecule has 0 aliphatic heterocycles. The Morgan fingerprint density at radius 1 is 0.784 bits per heavy atom. The van der Waals surface area contributed by atoms with E-state index in [4.69, 9.17) is 4.74 Å². The number of nitrogens with zero attached hydrogens (tertiary/aromatic N) is 1. The first kappa shape index (κ1) is 25.3. The van der Waals surface area contributed by atoms with Crippen LogP contribution in [0.25, 0.3) is 0 Å². The second-order valence-electron chi connectivity index (χ2n) is 8.02. The average molecular weight is 514 g/mol. The van der Waals surface area contributed by atoms with Gasteiger partial charge >= 0.3 is 5.97 Å². The molecular weight excluding hydrogens is 490 g/mol. The van der Waals surface area contributed by atoms with Crippen molar-refractivity contribution in [2.45, 2.75) is 11.8 Å². The molecule has 8 nitrogen and oxygen atoms in total. The van der Waals surface area contributed by atoms with Gasteiger partial charge in [0.2, 0.25) is 0 Å². The zero-order valence-electron chi connectivity index (χ0n) is 19.8. The average Bonchev–Trinajstić information content (AvgIpc) is 2.90. The number of anilines is 1. The summed E-state index contributed by atoms with van der Waals surface area (Å²) in [5, 5.41) is 3.94. The molecule has 9 heteroatoms. The fraction of sp³-hybridized carbons (Fsp3) is 0.0357. The zero-order chi connectivity index (χ0) is 26.3. The third-order valence-electron chi connectivity index (χ3n) is 5.21. The van der Waals surface area contributed by atoms with E-state index >= 15 is 0 Å². The molecule has 2 N–H and O–H groups in total. The molecular formula is C28H23N3O5S. The summed E-state index contributed by atoms with van der Waals surface area (Å²) in [6.07, 6.45) is 1.45. The summed E-state index contributed by atoms with van der Waals surface area (Å²) >= 11 is 0. The second-order valence-corrected chi connectivity index (χ2v) is 9.70. The van der Waals surface area contributed by atoms with Gasteiger partial charge in [-0.2, -0.15) is 5.10 Å². The molecule has 4 rings (SSSR count). The van der Waals surface area contributed by atoms with Crippen LogP contribution >= 0.6 is 0 Å². The standard InChI is InChI=1S/C28H23N3O5S/c1-20-7-11-23(12-8-20)28(33)36-25-17-9-21(10-18-25)19-29-30-27(32)22-13-15-24(16-14-22)31-37(34,35)26-5-3-2-4-6-26/h2-19,31H,1H3,(H,30,32)/b29-19-. The molecule has 37 heavy (non-hydrogen) atoms. The van der Waals surface area contributed by atoms with E-state index in [1.54, 1.807) is 54.6 Å². The number of esters is 1. The van der Waals surface area contributed by atoms with Gasteiger partial charge in [-0.25, -0.2) is 18.6 Å². The SMILES string of the molecule is Cc1ccc(C(=O)Oc2ccc(/C=N\NC(=O)c3ccc(NS(=O)(=O)c4ccccc4)cc3)cc2)cc1. The number of ether oxygens (including phenoxy) is 1. The molecule has 0 bridgehead atoms. The number of sulfonamides is 1. The molecule has 0 saturated carbocycles. The van der Waals surface area contributed by atoms with Gasteiger partial charge in [-0.1, -0.05) is 35.9 Å². The highest BCUT2D eigenvalue weighted by molar-refractivity contribution is 7.92. The molecule has 0 radical (unpaired) electrons. The minimum atomic E-state index is -3.72. The van der Waals surface area contributed by atoms with Gasteiger partial charge in [0, 0.05) is 11.3 Å². The Labute approximate surface area is 214 Å². The first-order valence-corrected chi connectivity index (χ1v) is 12.7. The summed E-state index contributed by atoms with van der Waals surface area (Å²) in [6, 6.07) is 27.7. The van der Waals surface area contributed by atoms with Crippen molar-refractivity contribution in [1.82, 2.24) is 5.43 Å². The Hall–Kier alpha value is -4.76. The largest absolute Gasteiger partial charge is 0.423 e. The molecule has 0 spiro atoms. The number of nitrogens with one attached hydrogen (secondary N) is 2. The van der Waals surface area contributed by atoms with E-state index in [0.29, 0.717) is 28.1 Å². The Morgan fingerprint density at radius 2 is 1.41 bits per heavy atom. The second kappa shape index (κ2) is 11.3. The lowest BCUT2D eigenvalue weighted by atomic mass is 10.1. The van der Waals surface area contributed by atoms with E-state index in [9.17, 15) is 18.0 Å². The molecule has 0 atom stereocenters. The summed E-state index contributed by atoms with van der Waals surface area (Å²) in [5.74, 6) is -0.528. The smallest absolute Gasteiger partial charge is 0.343 e. The highest BCUT2D eigenvalue weighted by Gasteiger charge is 2.14. The van der Waals surface area contributed by atoms with E-state index in [-0.39, 0.29) is 4.90 Å². The van der Waals surface area contributed by atoms with Gasteiger partial charge in [0.1, 0.15) is 5.75 Å². The molecule has 0 unspecified atom stereocenters. The van der Waals surface area contributed by atoms with Crippen molar-refractivity contribution < 1.29 is 22.7 Å². The van der Waals surface area contributed by atoms with Crippen LogP contribution in [0.15, 0.2) is 113 Å². The summed E-state index contributed by atoms with van der Waals surface area (Å²) < 4.78 is 32.7. The number of carbonyl (C=O) groups excluding carboxylic acids is 2. The maximum absolute atomic E-state index is 12.4. The maximum Gasteiger partial charge on any atom is 0.343 e. The highest BCUT2D eigenvalue weighted by Crippen LogP contribution is 2.17. The minimum Gasteiger partial charge on any atom is -0.423 e. The van der Waals surface area contributed by atoms with Gasteiger partial charge in [0.25, 0.3) is 15.9 Å². The topological polar surface area (TPSA) is 114 Å². The van der Waals surface area contributed by atoms with Crippen molar-refractivity contribution in [2.24, 2.45) is 5.10 Å². The Kier molecular flexibility index (Phi) is 7.75. The third kappa shape index (κ3) is 6.89. The summed E-state index contributed by atoms with van der Waals surface area (Å²) in [4.78, 5) is 24.7. The fourth-order valence-electron chi connectivity index (χ4n) is 3.21. The maximum atomic E-state index is 12.4. The molecule has 0 heterocycles. The molecule has 1 amide bonds. The molecule has 0 saturated heterocycles. The highest BCUT2D eigenvalue weighted by atomic mass is 32.2. The van der Waals surface area contributed by atoms with Crippen molar-refractivity contribution >= 4 is 33.8 Å². The zero-order valence-corrected chi connectivity index (χ0v) is 20.6. The van der Waals surface area contributed by atoms with E-state index in [0.717, 1.165) is 5.56 Å². The third-order valence-corrected chi connectivity index (χ3v) is 6.61. The molecule has 0 fully saturated rings. The number of benzene rings is 4. The lowest BCUT2D eigenvalue weighted by Gasteiger charge is -2.08. The van der Waals surface area contributed by atoms with Crippen LogP contribution in [0.2, 0.25) is 0 Å². The number of hydrogen-bond acceptors (Lipinski definition) is 6. The van der Waals surface area contributed by atoms with Crippen molar-refractivity contribution in [3.05, 3.63) is 125 Å². The van der Waals surface area contributed by atoms with Crippen LogP contribution in [-0.2, 0) is 10.0 Å². The monoisotopic (exact) mass is 513 g/mol. The summed E-state index contributed by atoms with van der Waals surface area (Å²) in [7, 11) is -3.72. The van der Waals surface area contributed by atoms with Crippen molar-refractivity contribution in [3.63, 3.8) is 0 Å². The van der Waals surface area contributed by atoms with Gasteiger partial charge in [0.05, 0.1) is 16.7 Å². The summed E-state index contributed by atoms with van der Waals surface area (Å²) in [6.45, 7) is 1.94. The summed E-state index contributed by atoms with van der Waals surface area (Å²) in [5.41, 5.74) is 5.24. The van der Waals surface area contributed by atoms with Gasteiger partial charge in [0.15, 0.2) is 0 Å². The Balaban J connectivity index is 1.30. The number of hydrazone groups is 1. The van der Waals surface area contributed by atoms with Crippen LogP contribution in [0.1, 0.15) is 31.8 Å². The van der Waals surface area contributed by atoms with Crippen LogP contribution in [0.4, 0.5) is 5.69 Å². The van der Waals surface area contributed by atoms with Gasteiger partial charge in [-0.15, -0.1) is 0 Å². The Morgan fingerprint density at radius 3 is 2.05 bits per heavy atom. The van der Waals surface area contributed by atoms with Crippen molar-refractivity contribution in [3.8, 4) is 5.75 Å². The number of aryl methyl sites for hydroxylation is 1. The van der Waals surface area contributed by atoms with E-state index in [2.05, 4.69) is 15.2 Å². The molecule has 0 aromatic heterocycles. The molecule has 0 aliphatic carbocycles. The van der Waals surface area contributed by atoms with Crippen molar-refractivity contribution in [2.75, 3.05) is 4.72 Å². The normalized spacial score (nSPS) is 11.2. The quantitative estimate of drug-likeness (QED) is 0.152. The molecule has 0 aliphatic rings. The number of hydrogen-bond donors (Lipinski definition) is 2. The van der Waals surface area contributed by atoms with Crippen LogP contribution in [-0.4, -0.2) is 26.5 Å². The minimum absolute atomic E-state index is 0.142. The molecule has 4 aromatic rings. The van der Waals surface area contributed by atoms with Crippen LogP contribution in [0.3, 0.4) is 0 Å². The predicted octanol–water partition coefficient (Wildman–Crippen LogP) is 4.78. The van der Waals surface area contributed by atoms with Crippen LogP contribution < -0.4 is 14.9 Å². The predicted molar refractivity (Wildman–Crippen MR) is 141 cm³/mol. The first-order chi connectivity index (χ1) is 17.8. The lowest BCUT2D eigenvalue weighted by Crippen LogP contribution is -2.18. The molecule has 186 valence electrons. The van der Waals surface area contributed by atoms with Crippen LogP contribution in [0, 0.1) is 6.92 Å². The van der Waals surface area contributed by atoms with E-state index in [1.165, 1.54) is 42.6 Å². The fourth-order valence-corrected chi connectivity index (χ4v) is 4.29. The van der Waals surface area contributed by atoms with E-state index < -0.39 is 21.9 Å². The van der Waals surface area contributed by atoms with Gasteiger partial charge in [-0.3, -0.25) is 9.52 Å². The Bertz CT molecular complexity index is 1520. The number of amides is 1. The first-order valence-electron chi connectivity index (χ1n) is 11.2.